The van der Waals surface area contributed by atoms with Crippen LogP contribution in [-0.2, 0) is 11.2 Å². The van der Waals surface area contributed by atoms with Gasteiger partial charge < -0.3 is 0 Å². The summed E-state index contributed by atoms with van der Waals surface area (Å²) < 4.78 is 1.21. The molecule has 15 heavy (non-hydrogen) atoms. The molecule has 0 unspecified atom stereocenters. The van der Waals surface area contributed by atoms with Crippen LogP contribution >= 0.6 is 11.3 Å². The summed E-state index contributed by atoms with van der Waals surface area (Å²) in [6.07, 6.45) is 0.372. The van der Waals surface area contributed by atoms with Gasteiger partial charge in [-0.15, -0.1) is 11.3 Å². The summed E-state index contributed by atoms with van der Waals surface area (Å²) in [6.45, 7) is 0. The Morgan fingerprint density at radius 3 is 2.93 bits per heavy atom. The molecule has 0 aliphatic carbocycles. The van der Waals surface area contributed by atoms with Gasteiger partial charge in [0.15, 0.2) is 0 Å². The van der Waals surface area contributed by atoms with Gasteiger partial charge in [0.1, 0.15) is 0 Å². The van der Waals surface area contributed by atoms with Gasteiger partial charge in [-0.05, 0) is 22.4 Å². The maximum absolute atomic E-state index is 11.5. The van der Waals surface area contributed by atoms with Crippen molar-refractivity contribution in [3.8, 4) is 0 Å². The molecule has 78 valence electrons. The van der Waals surface area contributed by atoms with E-state index in [1.165, 1.54) is 4.70 Å². The number of hydrazine groups is 1. The Morgan fingerprint density at radius 1 is 1.47 bits per heavy atom. The highest BCUT2D eigenvalue weighted by Crippen LogP contribution is 2.25. The highest BCUT2D eigenvalue weighted by molar-refractivity contribution is 7.17. The predicted molar refractivity (Wildman–Crippen MR) is 62.5 cm³/mol. The van der Waals surface area contributed by atoms with Crippen LogP contribution in [0.5, 0.6) is 0 Å². The molecule has 0 aliphatic rings. The van der Waals surface area contributed by atoms with Crippen molar-refractivity contribution in [3.05, 3.63) is 35.2 Å². The number of amides is 1. The average molecular weight is 220 g/mol. The molecule has 2 rings (SSSR count). The maximum Gasteiger partial charge on any atom is 0.240 e. The topological polar surface area (TPSA) is 46.3 Å². The van der Waals surface area contributed by atoms with Crippen molar-refractivity contribution in [2.45, 2.75) is 6.42 Å². The van der Waals surface area contributed by atoms with Gasteiger partial charge >= 0.3 is 0 Å². The van der Waals surface area contributed by atoms with Crippen molar-refractivity contribution in [3.63, 3.8) is 0 Å². The highest BCUT2D eigenvalue weighted by atomic mass is 32.1. The lowest BCUT2D eigenvalue weighted by Gasteiger charge is -2.08. The molecule has 2 N–H and O–H groups in total. The van der Waals surface area contributed by atoms with E-state index in [4.69, 9.17) is 5.84 Å². The zero-order chi connectivity index (χ0) is 10.8. The normalized spacial score (nSPS) is 10.5. The summed E-state index contributed by atoms with van der Waals surface area (Å²) >= 11 is 1.66. The summed E-state index contributed by atoms with van der Waals surface area (Å²) in [5, 5.41) is 4.30. The van der Waals surface area contributed by atoms with Crippen molar-refractivity contribution in [1.29, 1.82) is 0 Å². The summed E-state index contributed by atoms with van der Waals surface area (Å²) in [6, 6.07) is 8.07. The standard InChI is InChI=1S/C11H12N2OS/c1-13(12)11(14)6-8-7-15-10-5-3-2-4-9(8)10/h2-5,7H,6,12H2,1H3. The number of carbonyl (C=O) groups is 1. The van der Waals surface area contributed by atoms with Crippen LogP contribution < -0.4 is 5.84 Å². The average Bonchev–Trinajstić information content (AvgIpc) is 2.62. The molecular weight excluding hydrogens is 208 g/mol. The van der Waals surface area contributed by atoms with Gasteiger partial charge in [0.2, 0.25) is 5.91 Å². The number of carbonyl (C=O) groups excluding carboxylic acids is 1. The third-order valence-electron chi connectivity index (χ3n) is 2.30. The zero-order valence-electron chi connectivity index (χ0n) is 8.43. The molecule has 1 aromatic carbocycles. The second-order valence-electron chi connectivity index (χ2n) is 3.44. The highest BCUT2D eigenvalue weighted by Gasteiger charge is 2.09. The summed E-state index contributed by atoms with van der Waals surface area (Å²) in [5.74, 6) is 5.31. The van der Waals surface area contributed by atoms with Gasteiger partial charge in [-0.1, -0.05) is 18.2 Å². The Labute approximate surface area is 92.1 Å². The van der Waals surface area contributed by atoms with Gasteiger partial charge in [-0.25, -0.2) is 5.84 Å². The second-order valence-corrected chi connectivity index (χ2v) is 4.35. The molecule has 1 heterocycles. The minimum atomic E-state index is -0.0708. The Hall–Kier alpha value is -1.39. The fourth-order valence-electron chi connectivity index (χ4n) is 1.46. The second kappa shape index (κ2) is 4.00. The van der Waals surface area contributed by atoms with Crippen LogP contribution in [0.2, 0.25) is 0 Å². The van der Waals surface area contributed by atoms with E-state index in [1.807, 2.05) is 23.6 Å². The van der Waals surface area contributed by atoms with E-state index in [-0.39, 0.29) is 5.91 Å². The number of hydrogen-bond acceptors (Lipinski definition) is 3. The first-order chi connectivity index (χ1) is 7.18. The Morgan fingerprint density at radius 2 is 2.20 bits per heavy atom. The first-order valence-electron chi connectivity index (χ1n) is 4.65. The van der Waals surface area contributed by atoms with E-state index in [2.05, 4.69) is 6.07 Å². The molecule has 4 heteroatoms. The Balaban J connectivity index is 2.33. The molecule has 0 aliphatic heterocycles. The predicted octanol–water partition coefficient (Wildman–Crippen LogP) is 1.78. The number of hydrogen-bond donors (Lipinski definition) is 1. The van der Waals surface area contributed by atoms with Crippen molar-refractivity contribution in [1.82, 2.24) is 5.01 Å². The third-order valence-corrected chi connectivity index (χ3v) is 3.31. The van der Waals surface area contributed by atoms with Crippen LogP contribution in [0.4, 0.5) is 0 Å². The SMILES string of the molecule is CN(N)C(=O)Cc1csc2ccccc12. The monoisotopic (exact) mass is 220 g/mol. The lowest BCUT2D eigenvalue weighted by molar-refractivity contribution is -0.129. The molecule has 0 atom stereocenters. The number of rotatable bonds is 2. The van der Waals surface area contributed by atoms with Gasteiger partial charge in [-0.3, -0.25) is 9.80 Å². The molecule has 0 bridgehead atoms. The van der Waals surface area contributed by atoms with Crippen molar-refractivity contribution in [2.24, 2.45) is 5.84 Å². The van der Waals surface area contributed by atoms with E-state index < -0.39 is 0 Å². The van der Waals surface area contributed by atoms with Gasteiger partial charge in [-0.2, -0.15) is 0 Å². The number of fused-ring (bicyclic) bond motifs is 1. The molecule has 0 fully saturated rings. The lowest BCUT2D eigenvalue weighted by atomic mass is 10.1. The third kappa shape index (κ3) is 2.00. The lowest BCUT2D eigenvalue weighted by Crippen LogP contribution is -2.34. The summed E-state index contributed by atoms with van der Waals surface area (Å²) in [7, 11) is 1.57. The van der Waals surface area contributed by atoms with Gasteiger partial charge in [0.05, 0.1) is 6.42 Å². The molecule has 1 aromatic heterocycles. The number of benzene rings is 1. The Kier molecular flexibility index (Phi) is 2.70. The maximum atomic E-state index is 11.5. The summed E-state index contributed by atoms with van der Waals surface area (Å²) in [5.41, 5.74) is 1.05. The van der Waals surface area contributed by atoms with Crippen LogP contribution in [0.3, 0.4) is 0 Å². The molecular formula is C11H12N2OS. The molecule has 0 spiro atoms. The zero-order valence-corrected chi connectivity index (χ0v) is 9.25. The minimum absolute atomic E-state index is 0.0708. The fraction of sp³-hybridized carbons (Fsp3) is 0.182. The van der Waals surface area contributed by atoms with E-state index in [9.17, 15) is 4.79 Å². The van der Waals surface area contributed by atoms with Crippen LogP contribution in [0.15, 0.2) is 29.6 Å². The van der Waals surface area contributed by atoms with Crippen molar-refractivity contribution < 1.29 is 4.79 Å². The van der Waals surface area contributed by atoms with Gasteiger partial charge in [0.25, 0.3) is 0 Å². The fourth-order valence-corrected chi connectivity index (χ4v) is 2.42. The molecule has 1 amide bonds. The van der Waals surface area contributed by atoms with Crippen LogP contribution in [0, 0.1) is 0 Å². The minimum Gasteiger partial charge on any atom is -0.284 e. The van der Waals surface area contributed by atoms with Crippen LogP contribution in [-0.4, -0.2) is 18.0 Å². The van der Waals surface area contributed by atoms with E-state index in [0.29, 0.717) is 6.42 Å². The van der Waals surface area contributed by atoms with E-state index >= 15 is 0 Å². The summed E-state index contributed by atoms with van der Waals surface area (Å²) in [4.78, 5) is 11.5. The first-order valence-corrected chi connectivity index (χ1v) is 5.53. The number of likely N-dealkylation sites (N-methyl/N-ethyl adjacent to an activating group) is 1. The smallest absolute Gasteiger partial charge is 0.240 e. The van der Waals surface area contributed by atoms with Crippen molar-refractivity contribution in [2.75, 3.05) is 7.05 Å². The van der Waals surface area contributed by atoms with E-state index in [0.717, 1.165) is 16.0 Å². The molecule has 0 saturated carbocycles. The number of nitrogens with zero attached hydrogens (tertiary/aromatic N) is 1. The molecule has 3 nitrogen and oxygen atoms in total. The van der Waals surface area contributed by atoms with Gasteiger partial charge in [0, 0.05) is 11.7 Å². The number of nitrogens with two attached hydrogens (primary N) is 1. The van der Waals surface area contributed by atoms with E-state index in [1.54, 1.807) is 18.4 Å². The molecule has 0 radical (unpaired) electrons. The van der Waals surface area contributed by atoms with Crippen LogP contribution in [0.25, 0.3) is 10.1 Å². The van der Waals surface area contributed by atoms with Crippen molar-refractivity contribution >= 4 is 27.3 Å². The van der Waals surface area contributed by atoms with Crippen LogP contribution in [0.1, 0.15) is 5.56 Å². The largest absolute Gasteiger partial charge is 0.284 e. The quantitative estimate of drug-likeness (QED) is 0.476. The number of thiophene rings is 1. The Bertz CT molecular complexity index is 490. The molecule has 0 saturated heterocycles. The molecule has 2 aromatic rings. The first kappa shape index (κ1) is 10.1.